The smallest absolute Gasteiger partial charge is 0.382 e. The highest BCUT2D eigenvalue weighted by Gasteiger charge is 2.60. The Kier molecular flexibility index (Phi) is 3.71. The standard InChI is InChI=1S/C15H12F6N2O/c16-14(17,18)11-4-9(2-1-7(11)5-22)23-6-8-3-10(8)12(23)13(24)15(19,20)21/h1-2,4,8,10,12-13,24H,3,6H2/t8-,10-,12-,13-/m1/s1. The maximum Gasteiger partial charge on any atom is 0.417 e. The van der Waals surface area contributed by atoms with Crippen molar-refractivity contribution < 1.29 is 31.4 Å². The van der Waals surface area contributed by atoms with Gasteiger partial charge in [-0.15, -0.1) is 0 Å². The molecule has 1 aliphatic carbocycles. The van der Waals surface area contributed by atoms with Gasteiger partial charge in [-0.1, -0.05) is 0 Å². The third kappa shape index (κ3) is 2.79. The highest BCUT2D eigenvalue weighted by atomic mass is 19.4. The van der Waals surface area contributed by atoms with Gasteiger partial charge < -0.3 is 10.0 Å². The van der Waals surface area contributed by atoms with Crippen LogP contribution in [0, 0.1) is 23.2 Å². The number of nitriles is 1. The molecule has 1 aliphatic heterocycles. The van der Waals surface area contributed by atoms with Crippen LogP contribution in [-0.4, -0.2) is 30.0 Å². The van der Waals surface area contributed by atoms with Crippen molar-refractivity contribution in [1.29, 1.82) is 5.26 Å². The minimum absolute atomic E-state index is 0.0584. The molecule has 3 rings (SSSR count). The van der Waals surface area contributed by atoms with Crippen LogP contribution in [0.5, 0.6) is 0 Å². The second kappa shape index (κ2) is 5.28. The Morgan fingerprint density at radius 1 is 1.21 bits per heavy atom. The molecule has 1 saturated carbocycles. The topological polar surface area (TPSA) is 47.3 Å². The molecule has 9 heteroatoms. The van der Waals surface area contributed by atoms with E-state index >= 15 is 0 Å². The van der Waals surface area contributed by atoms with Crippen LogP contribution < -0.4 is 4.90 Å². The van der Waals surface area contributed by atoms with Gasteiger partial charge in [-0.2, -0.15) is 31.6 Å². The maximum absolute atomic E-state index is 13.0. The number of alkyl halides is 6. The van der Waals surface area contributed by atoms with E-state index in [9.17, 15) is 31.4 Å². The van der Waals surface area contributed by atoms with Gasteiger partial charge in [0.1, 0.15) is 0 Å². The van der Waals surface area contributed by atoms with Gasteiger partial charge in [0, 0.05) is 12.2 Å². The van der Waals surface area contributed by atoms with Crippen LogP contribution in [-0.2, 0) is 6.18 Å². The average Bonchev–Trinajstić information content (AvgIpc) is 3.15. The number of halogens is 6. The number of anilines is 1. The van der Waals surface area contributed by atoms with Crippen LogP contribution >= 0.6 is 0 Å². The zero-order valence-electron chi connectivity index (χ0n) is 12.1. The first-order valence-electron chi connectivity index (χ1n) is 7.17. The van der Waals surface area contributed by atoms with Crippen molar-refractivity contribution in [2.45, 2.75) is 30.9 Å². The fourth-order valence-corrected chi connectivity index (χ4v) is 3.42. The summed E-state index contributed by atoms with van der Waals surface area (Å²) in [5, 5.41) is 18.4. The van der Waals surface area contributed by atoms with E-state index in [0.717, 1.165) is 6.07 Å². The predicted molar refractivity (Wildman–Crippen MR) is 71.0 cm³/mol. The molecule has 1 heterocycles. The third-order valence-electron chi connectivity index (χ3n) is 4.63. The van der Waals surface area contributed by atoms with E-state index in [-0.39, 0.29) is 24.1 Å². The first-order valence-corrected chi connectivity index (χ1v) is 7.17. The molecule has 2 fully saturated rings. The van der Waals surface area contributed by atoms with Gasteiger partial charge in [-0.3, -0.25) is 0 Å². The Hall–Kier alpha value is -1.95. The second-order valence-corrected chi connectivity index (χ2v) is 6.13. The lowest BCUT2D eigenvalue weighted by atomic mass is 10.0. The highest BCUT2D eigenvalue weighted by Crippen LogP contribution is 2.53. The van der Waals surface area contributed by atoms with Crippen molar-refractivity contribution in [2.24, 2.45) is 11.8 Å². The molecule has 0 amide bonds. The van der Waals surface area contributed by atoms with Gasteiger partial charge in [0.05, 0.1) is 23.2 Å². The van der Waals surface area contributed by atoms with E-state index in [1.54, 1.807) is 0 Å². The van der Waals surface area contributed by atoms with Gasteiger partial charge in [-0.25, -0.2) is 0 Å². The largest absolute Gasteiger partial charge is 0.417 e. The summed E-state index contributed by atoms with van der Waals surface area (Å²) in [6.45, 7) is 0.158. The summed E-state index contributed by atoms with van der Waals surface area (Å²) >= 11 is 0. The molecule has 0 aromatic heterocycles. The molecule has 130 valence electrons. The number of rotatable bonds is 2. The highest BCUT2D eigenvalue weighted by molar-refractivity contribution is 5.57. The molecule has 0 spiro atoms. The fourth-order valence-electron chi connectivity index (χ4n) is 3.42. The summed E-state index contributed by atoms with van der Waals surface area (Å²) in [6, 6.07) is 2.94. The van der Waals surface area contributed by atoms with Crippen LogP contribution in [0.15, 0.2) is 18.2 Å². The van der Waals surface area contributed by atoms with Crippen LogP contribution in [0.1, 0.15) is 17.5 Å². The average molecular weight is 350 g/mol. The van der Waals surface area contributed by atoms with E-state index in [2.05, 4.69) is 0 Å². The molecule has 1 saturated heterocycles. The summed E-state index contributed by atoms with van der Waals surface area (Å²) in [6.07, 6.45) is -11.7. The van der Waals surface area contributed by atoms with Crippen LogP contribution in [0.3, 0.4) is 0 Å². The van der Waals surface area contributed by atoms with Crippen molar-refractivity contribution in [3.63, 3.8) is 0 Å². The second-order valence-electron chi connectivity index (χ2n) is 6.13. The number of benzene rings is 1. The zero-order chi connectivity index (χ0) is 17.9. The van der Waals surface area contributed by atoms with Crippen LogP contribution in [0.25, 0.3) is 0 Å². The first kappa shape index (κ1) is 16.9. The number of hydrogen-bond donors (Lipinski definition) is 1. The molecule has 1 aromatic carbocycles. The Bertz CT molecular complexity index is 693. The summed E-state index contributed by atoms with van der Waals surface area (Å²) in [4.78, 5) is 1.17. The number of aliphatic hydroxyl groups excluding tert-OH is 1. The van der Waals surface area contributed by atoms with Gasteiger partial charge in [-0.05, 0) is 36.5 Å². The molecule has 1 aromatic rings. The molecule has 0 unspecified atom stereocenters. The molecule has 3 nitrogen and oxygen atoms in total. The van der Waals surface area contributed by atoms with Crippen molar-refractivity contribution in [3.8, 4) is 6.07 Å². The van der Waals surface area contributed by atoms with E-state index in [1.165, 1.54) is 17.0 Å². The van der Waals surface area contributed by atoms with E-state index in [1.807, 2.05) is 0 Å². The van der Waals surface area contributed by atoms with Crippen molar-refractivity contribution in [2.75, 3.05) is 11.4 Å². The quantitative estimate of drug-likeness (QED) is 0.833. The minimum atomic E-state index is -4.85. The van der Waals surface area contributed by atoms with E-state index < -0.39 is 35.6 Å². The summed E-state index contributed by atoms with van der Waals surface area (Å²) in [5.74, 6) is -0.441. The normalized spacial score (nSPS) is 27.6. The minimum Gasteiger partial charge on any atom is -0.382 e. The summed E-state index contributed by atoms with van der Waals surface area (Å²) in [5.41, 5.74) is -1.85. The maximum atomic E-state index is 13.0. The first-order chi connectivity index (χ1) is 11.0. The molecule has 4 atom stereocenters. The Balaban J connectivity index is 1.98. The van der Waals surface area contributed by atoms with Crippen molar-refractivity contribution in [3.05, 3.63) is 29.3 Å². The molecule has 2 aliphatic rings. The van der Waals surface area contributed by atoms with Gasteiger partial charge in [0.15, 0.2) is 6.10 Å². The van der Waals surface area contributed by atoms with Gasteiger partial charge in [0.2, 0.25) is 0 Å². The van der Waals surface area contributed by atoms with Gasteiger partial charge >= 0.3 is 12.4 Å². The molecule has 0 bridgehead atoms. The fraction of sp³-hybridized carbons (Fsp3) is 0.533. The third-order valence-corrected chi connectivity index (χ3v) is 4.63. The molecular weight excluding hydrogens is 338 g/mol. The lowest BCUT2D eigenvalue weighted by Crippen LogP contribution is -2.49. The predicted octanol–water partition coefficient (Wildman–Crippen LogP) is 3.32. The van der Waals surface area contributed by atoms with E-state index in [4.69, 9.17) is 5.26 Å². The van der Waals surface area contributed by atoms with Crippen molar-refractivity contribution >= 4 is 5.69 Å². The Morgan fingerprint density at radius 3 is 2.42 bits per heavy atom. The zero-order valence-corrected chi connectivity index (χ0v) is 12.1. The van der Waals surface area contributed by atoms with Gasteiger partial charge in [0.25, 0.3) is 0 Å². The SMILES string of the molecule is N#Cc1ccc(N2C[C@H]3C[C@H]3[C@@H]2[C@@H](O)C(F)(F)F)cc1C(F)(F)F. The van der Waals surface area contributed by atoms with Crippen LogP contribution in [0.4, 0.5) is 32.0 Å². The lowest BCUT2D eigenvalue weighted by molar-refractivity contribution is -0.210. The molecule has 0 radical (unpaired) electrons. The number of fused-ring (bicyclic) bond motifs is 1. The molecular formula is C15H12F6N2O. The number of piperidine rings is 1. The molecule has 24 heavy (non-hydrogen) atoms. The van der Waals surface area contributed by atoms with Crippen molar-refractivity contribution in [1.82, 2.24) is 0 Å². The lowest BCUT2D eigenvalue weighted by Gasteiger charge is -2.34. The van der Waals surface area contributed by atoms with E-state index in [0.29, 0.717) is 12.5 Å². The summed E-state index contributed by atoms with van der Waals surface area (Å²) in [7, 11) is 0. The van der Waals surface area contributed by atoms with Crippen LogP contribution in [0.2, 0.25) is 0 Å². The number of aliphatic hydroxyl groups is 1. The number of hydrogen-bond acceptors (Lipinski definition) is 3. The monoisotopic (exact) mass is 350 g/mol. The Morgan fingerprint density at radius 2 is 1.88 bits per heavy atom. The Labute approximate surface area is 133 Å². The number of nitrogens with zero attached hydrogens (tertiary/aromatic N) is 2. The molecule has 1 N–H and O–H groups in total. The summed E-state index contributed by atoms with van der Waals surface area (Å²) < 4.78 is 77.7.